The lowest BCUT2D eigenvalue weighted by Crippen LogP contribution is -2.21. The Kier molecular flexibility index (Phi) is 5.75. The average molecular weight is 332 g/mol. The number of hydrogen-bond acceptors (Lipinski definition) is 1. The van der Waals surface area contributed by atoms with E-state index in [1.807, 2.05) is 13.0 Å². The standard InChI is InChI=1S/C24H28O/c1-4-8-24-19(3)18(2)17-23(25-24)16-13-20-11-14-22(15-12-20)21-9-6-5-7-10-21/h4-6,8-9,11-16,18,23H,7,10,17H2,1-3H3/b8-4-,16-13-. The van der Waals surface area contributed by atoms with Crippen LogP contribution in [-0.4, -0.2) is 6.10 Å². The second kappa shape index (κ2) is 8.20. The summed E-state index contributed by atoms with van der Waals surface area (Å²) >= 11 is 0. The third-order valence-corrected chi connectivity index (χ3v) is 5.11. The normalized spacial score (nSPS) is 24.0. The lowest BCUT2D eigenvalue weighted by atomic mass is 9.91. The Labute approximate surface area is 152 Å². The summed E-state index contributed by atoms with van der Waals surface area (Å²) in [6.07, 6.45) is 18.6. The van der Waals surface area contributed by atoms with Gasteiger partial charge < -0.3 is 4.74 Å². The molecule has 1 heteroatoms. The third-order valence-electron chi connectivity index (χ3n) is 5.11. The molecule has 0 amide bonds. The monoisotopic (exact) mass is 332 g/mol. The van der Waals surface area contributed by atoms with Crippen molar-refractivity contribution in [3.8, 4) is 0 Å². The van der Waals surface area contributed by atoms with Gasteiger partial charge in [0.2, 0.25) is 0 Å². The molecule has 130 valence electrons. The summed E-state index contributed by atoms with van der Waals surface area (Å²) in [6, 6.07) is 8.85. The van der Waals surface area contributed by atoms with Crippen LogP contribution in [-0.2, 0) is 4.74 Å². The Morgan fingerprint density at radius 2 is 1.92 bits per heavy atom. The summed E-state index contributed by atoms with van der Waals surface area (Å²) in [5, 5.41) is 0. The molecule has 0 N–H and O–H groups in total. The molecule has 0 aromatic heterocycles. The smallest absolute Gasteiger partial charge is 0.119 e. The van der Waals surface area contributed by atoms with Crippen LogP contribution in [0.1, 0.15) is 51.2 Å². The third kappa shape index (κ3) is 4.42. The zero-order chi connectivity index (χ0) is 17.6. The Bertz CT molecular complexity index is 741. The van der Waals surface area contributed by atoms with Crippen molar-refractivity contribution < 1.29 is 4.74 Å². The van der Waals surface area contributed by atoms with Crippen molar-refractivity contribution in [3.05, 3.63) is 83.2 Å². The Balaban J connectivity index is 1.68. The number of hydrogen-bond donors (Lipinski definition) is 0. The minimum absolute atomic E-state index is 0.149. The summed E-state index contributed by atoms with van der Waals surface area (Å²) in [5.74, 6) is 1.59. The molecule has 2 atom stereocenters. The first kappa shape index (κ1) is 17.5. The number of benzene rings is 1. The van der Waals surface area contributed by atoms with Gasteiger partial charge in [0.05, 0.1) is 0 Å². The van der Waals surface area contributed by atoms with Crippen LogP contribution in [0.25, 0.3) is 11.6 Å². The first-order valence-electron chi connectivity index (χ1n) is 9.32. The molecule has 1 aromatic rings. The van der Waals surface area contributed by atoms with Gasteiger partial charge in [0.25, 0.3) is 0 Å². The van der Waals surface area contributed by atoms with Gasteiger partial charge in [-0.15, -0.1) is 0 Å². The van der Waals surface area contributed by atoms with E-state index in [1.165, 1.54) is 22.3 Å². The van der Waals surface area contributed by atoms with E-state index in [-0.39, 0.29) is 6.10 Å². The average Bonchev–Trinajstić information content (AvgIpc) is 2.65. The minimum atomic E-state index is 0.149. The van der Waals surface area contributed by atoms with Gasteiger partial charge in [-0.25, -0.2) is 0 Å². The van der Waals surface area contributed by atoms with Gasteiger partial charge in [0.15, 0.2) is 0 Å². The molecule has 0 radical (unpaired) electrons. The van der Waals surface area contributed by atoms with E-state index in [0.29, 0.717) is 5.92 Å². The molecule has 1 aromatic carbocycles. The lowest BCUT2D eigenvalue weighted by molar-refractivity contribution is 0.122. The second-order valence-corrected chi connectivity index (χ2v) is 6.98. The summed E-state index contributed by atoms with van der Waals surface area (Å²) in [4.78, 5) is 0. The fourth-order valence-electron chi connectivity index (χ4n) is 3.38. The van der Waals surface area contributed by atoms with Gasteiger partial charge >= 0.3 is 0 Å². The van der Waals surface area contributed by atoms with Crippen molar-refractivity contribution in [1.29, 1.82) is 0 Å². The molecule has 2 unspecified atom stereocenters. The quantitative estimate of drug-likeness (QED) is 0.595. The van der Waals surface area contributed by atoms with Crippen LogP contribution in [0.15, 0.2) is 72.1 Å². The van der Waals surface area contributed by atoms with Crippen LogP contribution in [0.4, 0.5) is 0 Å². The molecule has 0 saturated heterocycles. The molecular weight excluding hydrogens is 304 g/mol. The first-order valence-corrected chi connectivity index (χ1v) is 9.32. The van der Waals surface area contributed by atoms with Crippen LogP contribution >= 0.6 is 0 Å². The molecule has 2 aliphatic rings. The van der Waals surface area contributed by atoms with E-state index in [4.69, 9.17) is 4.74 Å². The van der Waals surface area contributed by atoms with Gasteiger partial charge in [-0.2, -0.15) is 0 Å². The SMILES string of the molecule is C/C=C\C1=C(C)C(C)CC(/C=C\c2ccc(C3=CC=CCC3)cc2)O1. The predicted octanol–water partition coefficient (Wildman–Crippen LogP) is 6.71. The van der Waals surface area contributed by atoms with Gasteiger partial charge in [-0.3, -0.25) is 0 Å². The van der Waals surface area contributed by atoms with E-state index >= 15 is 0 Å². The number of allylic oxidation sites excluding steroid dienone is 7. The summed E-state index contributed by atoms with van der Waals surface area (Å²) in [6.45, 7) is 6.49. The molecule has 1 heterocycles. The largest absolute Gasteiger partial charge is 0.486 e. The molecular formula is C24H28O. The van der Waals surface area contributed by atoms with Crippen LogP contribution < -0.4 is 0 Å². The maximum atomic E-state index is 6.14. The van der Waals surface area contributed by atoms with Crippen molar-refractivity contribution in [1.82, 2.24) is 0 Å². The van der Waals surface area contributed by atoms with E-state index in [2.05, 4.69) is 74.6 Å². The minimum Gasteiger partial charge on any atom is -0.486 e. The van der Waals surface area contributed by atoms with E-state index in [9.17, 15) is 0 Å². The van der Waals surface area contributed by atoms with Crippen LogP contribution in [0.5, 0.6) is 0 Å². The van der Waals surface area contributed by atoms with Crippen LogP contribution in [0.2, 0.25) is 0 Å². The van der Waals surface area contributed by atoms with Crippen molar-refractivity contribution >= 4 is 11.6 Å². The highest BCUT2D eigenvalue weighted by atomic mass is 16.5. The highest BCUT2D eigenvalue weighted by Crippen LogP contribution is 2.30. The van der Waals surface area contributed by atoms with Gasteiger partial charge in [-0.1, -0.05) is 61.6 Å². The molecule has 0 fully saturated rings. The molecule has 0 bridgehead atoms. The topological polar surface area (TPSA) is 9.23 Å². The molecule has 0 saturated carbocycles. The van der Waals surface area contributed by atoms with Crippen molar-refractivity contribution in [2.45, 2.75) is 46.1 Å². The lowest BCUT2D eigenvalue weighted by Gasteiger charge is -2.28. The van der Waals surface area contributed by atoms with E-state index < -0.39 is 0 Å². The molecule has 1 nitrogen and oxygen atoms in total. The second-order valence-electron chi connectivity index (χ2n) is 6.98. The van der Waals surface area contributed by atoms with Gasteiger partial charge in [-0.05, 0) is 73.5 Å². The van der Waals surface area contributed by atoms with Crippen LogP contribution in [0, 0.1) is 5.92 Å². The number of rotatable bonds is 4. The fourth-order valence-corrected chi connectivity index (χ4v) is 3.38. The zero-order valence-electron chi connectivity index (χ0n) is 15.5. The molecule has 0 spiro atoms. The molecule has 25 heavy (non-hydrogen) atoms. The van der Waals surface area contributed by atoms with Crippen LogP contribution in [0.3, 0.4) is 0 Å². The number of ether oxygens (including phenoxy) is 1. The van der Waals surface area contributed by atoms with Gasteiger partial charge in [0.1, 0.15) is 11.9 Å². The Morgan fingerprint density at radius 3 is 2.60 bits per heavy atom. The highest BCUT2D eigenvalue weighted by molar-refractivity contribution is 5.69. The van der Waals surface area contributed by atoms with Gasteiger partial charge in [0, 0.05) is 0 Å². The predicted molar refractivity (Wildman–Crippen MR) is 108 cm³/mol. The van der Waals surface area contributed by atoms with Crippen molar-refractivity contribution in [3.63, 3.8) is 0 Å². The maximum absolute atomic E-state index is 6.14. The highest BCUT2D eigenvalue weighted by Gasteiger charge is 2.22. The zero-order valence-corrected chi connectivity index (χ0v) is 15.5. The Hall–Kier alpha value is -2.28. The molecule has 3 rings (SSSR count). The first-order chi connectivity index (χ1) is 12.2. The summed E-state index contributed by atoms with van der Waals surface area (Å²) < 4.78 is 6.14. The van der Waals surface area contributed by atoms with E-state index in [0.717, 1.165) is 25.0 Å². The summed E-state index contributed by atoms with van der Waals surface area (Å²) in [5.41, 5.74) is 5.34. The molecule has 1 aliphatic heterocycles. The maximum Gasteiger partial charge on any atom is 0.119 e. The fraction of sp³-hybridized carbons (Fsp3) is 0.333. The van der Waals surface area contributed by atoms with Crippen molar-refractivity contribution in [2.75, 3.05) is 0 Å². The summed E-state index contributed by atoms with van der Waals surface area (Å²) in [7, 11) is 0. The Morgan fingerprint density at radius 1 is 1.12 bits per heavy atom. The van der Waals surface area contributed by atoms with E-state index in [1.54, 1.807) is 0 Å². The van der Waals surface area contributed by atoms with Crippen molar-refractivity contribution in [2.24, 2.45) is 5.92 Å². The molecule has 1 aliphatic carbocycles.